The largest absolute Gasteiger partial charge is 0.464 e. The molecule has 2 aromatic rings. The van der Waals surface area contributed by atoms with Crippen molar-refractivity contribution >= 4 is 6.03 Å². The van der Waals surface area contributed by atoms with E-state index < -0.39 is 0 Å². The van der Waals surface area contributed by atoms with Crippen LogP contribution in [0.2, 0.25) is 0 Å². The fourth-order valence-electron chi connectivity index (χ4n) is 2.84. The maximum Gasteiger partial charge on any atom is 0.317 e. The summed E-state index contributed by atoms with van der Waals surface area (Å²) in [5.74, 6) is 1.62. The highest BCUT2D eigenvalue weighted by Crippen LogP contribution is 2.24. The molecule has 1 aliphatic heterocycles. The topological polar surface area (TPSA) is 72.5 Å². The number of furan rings is 1. The first kappa shape index (κ1) is 16.6. The van der Waals surface area contributed by atoms with Crippen molar-refractivity contribution in [3.63, 3.8) is 0 Å². The number of urea groups is 1. The first-order valence-corrected chi connectivity index (χ1v) is 8.23. The molecule has 1 fully saturated rings. The van der Waals surface area contributed by atoms with Crippen LogP contribution < -0.4 is 5.32 Å². The highest BCUT2D eigenvalue weighted by molar-refractivity contribution is 5.74. The third-order valence-corrected chi connectivity index (χ3v) is 4.44. The van der Waals surface area contributed by atoms with Gasteiger partial charge in [-0.1, -0.05) is 0 Å². The lowest BCUT2D eigenvalue weighted by molar-refractivity contribution is -0.0263. The number of carbonyl (C=O) groups is 1. The molecule has 0 radical (unpaired) electrons. The number of nitrogens with one attached hydrogen (secondary N) is 1. The number of nitrogens with zero attached hydrogens (tertiary/aromatic N) is 3. The summed E-state index contributed by atoms with van der Waals surface area (Å²) in [5.41, 5.74) is 2.28. The van der Waals surface area contributed by atoms with E-state index in [4.69, 9.17) is 9.15 Å². The lowest BCUT2D eigenvalue weighted by Gasteiger charge is -2.32. The van der Waals surface area contributed by atoms with Gasteiger partial charge in [-0.05, 0) is 38.0 Å². The number of ether oxygens (including phenoxy) is 1. The van der Waals surface area contributed by atoms with Gasteiger partial charge in [-0.2, -0.15) is 5.10 Å². The normalized spacial score (nSPS) is 18.0. The van der Waals surface area contributed by atoms with Crippen LogP contribution in [0.1, 0.15) is 28.9 Å². The fraction of sp³-hybridized carbons (Fsp3) is 0.529. The maximum atomic E-state index is 12.4. The molecule has 0 saturated carbocycles. The van der Waals surface area contributed by atoms with Crippen LogP contribution in [0.5, 0.6) is 0 Å². The smallest absolute Gasteiger partial charge is 0.317 e. The van der Waals surface area contributed by atoms with E-state index in [9.17, 15) is 4.79 Å². The van der Waals surface area contributed by atoms with E-state index in [1.807, 2.05) is 43.9 Å². The Kier molecular flexibility index (Phi) is 4.89. The van der Waals surface area contributed by atoms with Gasteiger partial charge in [0.05, 0.1) is 19.3 Å². The van der Waals surface area contributed by atoms with E-state index in [1.54, 1.807) is 4.90 Å². The molecular formula is C17H24N4O3. The Hall–Kier alpha value is -2.28. The van der Waals surface area contributed by atoms with Crippen molar-refractivity contribution in [2.24, 2.45) is 7.05 Å². The van der Waals surface area contributed by atoms with Gasteiger partial charge in [0, 0.05) is 25.8 Å². The summed E-state index contributed by atoms with van der Waals surface area (Å²) in [5, 5.41) is 7.19. The summed E-state index contributed by atoms with van der Waals surface area (Å²) >= 11 is 0. The molecule has 24 heavy (non-hydrogen) atoms. The SMILES string of the molecule is Cc1ccc([C@H]2CN(C(=O)NCCc3cnn(C)c3C)CCO2)o1. The Morgan fingerprint density at radius 3 is 2.92 bits per heavy atom. The van der Waals surface area contributed by atoms with Crippen LogP contribution in [-0.4, -0.2) is 47.0 Å². The van der Waals surface area contributed by atoms with E-state index in [2.05, 4.69) is 10.4 Å². The summed E-state index contributed by atoms with van der Waals surface area (Å²) in [6.45, 7) is 6.13. The molecule has 0 spiro atoms. The molecule has 7 heteroatoms. The fourth-order valence-corrected chi connectivity index (χ4v) is 2.84. The first-order chi connectivity index (χ1) is 11.5. The molecule has 3 rings (SSSR count). The second-order valence-electron chi connectivity index (χ2n) is 6.11. The van der Waals surface area contributed by atoms with Crippen molar-refractivity contribution in [2.45, 2.75) is 26.4 Å². The predicted octanol–water partition coefficient (Wildman–Crippen LogP) is 1.96. The molecule has 0 aromatic carbocycles. The average Bonchev–Trinajstić information content (AvgIpc) is 3.15. The predicted molar refractivity (Wildman–Crippen MR) is 88.8 cm³/mol. The lowest BCUT2D eigenvalue weighted by Crippen LogP contribution is -2.47. The lowest BCUT2D eigenvalue weighted by atomic mass is 10.2. The quantitative estimate of drug-likeness (QED) is 0.929. The van der Waals surface area contributed by atoms with Gasteiger partial charge in [0.1, 0.15) is 17.6 Å². The number of morpholine rings is 1. The zero-order chi connectivity index (χ0) is 17.1. The number of hydrogen-bond donors (Lipinski definition) is 1. The molecule has 2 aromatic heterocycles. The Labute approximate surface area is 141 Å². The van der Waals surface area contributed by atoms with Crippen LogP contribution in [0.4, 0.5) is 4.79 Å². The van der Waals surface area contributed by atoms with Gasteiger partial charge in [0.25, 0.3) is 0 Å². The number of aromatic nitrogens is 2. The summed E-state index contributed by atoms with van der Waals surface area (Å²) in [6.07, 6.45) is 2.43. The van der Waals surface area contributed by atoms with Crippen molar-refractivity contribution in [2.75, 3.05) is 26.2 Å². The summed E-state index contributed by atoms with van der Waals surface area (Å²) in [7, 11) is 1.92. The van der Waals surface area contributed by atoms with Gasteiger partial charge in [-0.15, -0.1) is 0 Å². The van der Waals surface area contributed by atoms with Crippen LogP contribution in [0.15, 0.2) is 22.7 Å². The minimum absolute atomic E-state index is 0.0619. The number of rotatable bonds is 4. The molecule has 1 atom stereocenters. The second-order valence-corrected chi connectivity index (χ2v) is 6.11. The van der Waals surface area contributed by atoms with Crippen molar-refractivity contribution in [1.29, 1.82) is 0 Å². The molecule has 130 valence electrons. The molecule has 7 nitrogen and oxygen atoms in total. The van der Waals surface area contributed by atoms with E-state index in [1.165, 1.54) is 0 Å². The number of hydrogen-bond acceptors (Lipinski definition) is 4. The Morgan fingerprint density at radius 2 is 2.25 bits per heavy atom. The Balaban J connectivity index is 1.50. The molecule has 2 amide bonds. The van der Waals surface area contributed by atoms with Gasteiger partial charge in [0.2, 0.25) is 0 Å². The third-order valence-electron chi connectivity index (χ3n) is 4.44. The number of aryl methyl sites for hydroxylation is 2. The molecule has 1 saturated heterocycles. The van der Waals surface area contributed by atoms with E-state index >= 15 is 0 Å². The summed E-state index contributed by atoms with van der Waals surface area (Å²) < 4.78 is 13.2. The van der Waals surface area contributed by atoms with Crippen LogP contribution in [0.25, 0.3) is 0 Å². The summed E-state index contributed by atoms with van der Waals surface area (Å²) in [4.78, 5) is 14.1. The molecule has 0 aliphatic carbocycles. The Morgan fingerprint density at radius 1 is 1.42 bits per heavy atom. The standard InChI is InChI=1S/C17H24N4O3/c1-12-4-5-15(24-12)16-11-21(8-9-23-16)17(22)18-7-6-14-10-19-20(3)13(14)2/h4-5,10,16H,6-9,11H2,1-3H3,(H,18,22)/t16-/m1/s1. The highest BCUT2D eigenvalue weighted by atomic mass is 16.5. The van der Waals surface area contributed by atoms with Crippen molar-refractivity contribution < 1.29 is 13.9 Å². The van der Waals surface area contributed by atoms with Crippen LogP contribution in [-0.2, 0) is 18.2 Å². The van der Waals surface area contributed by atoms with E-state index in [0.29, 0.717) is 26.2 Å². The minimum Gasteiger partial charge on any atom is -0.464 e. The molecule has 1 N–H and O–H groups in total. The van der Waals surface area contributed by atoms with Gasteiger partial charge in [-0.3, -0.25) is 4.68 Å². The number of carbonyl (C=O) groups excluding carboxylic acids is 1. The minimum atomic E-state index is -0.196. The zero-order valence-electron chi connectivity index (χ0n) is 14.4. The maximum absolute atomic E-state index is 12.4. The van der Waals surface area contributed by atoms with Crippen molar-refractivity contribution in [1.82, 2.24) is 20.0 Å². The van der Waals surface area contributed by atoms with Crippen LogP contribution in [0.3, 0.4) is 0 Å². The van der Waals surface area contributed by atoms with Gasteiger partial charge >= 0.3 is 6.03 Å². The molecular weight excluding hydrogens is 308 g/mol. The van der Waals surface area contributed by atoms with Gasteiger partial charge < -0.3 is 19.4 Å². The molecule has 0 unspecified atom stereocenters. The van der Waals surface area contributed by atoms with Gasteiger partial charge in [0.15, 0.2) is 0 Å². The monoisotopic (exact) mass is 332 g/mol. The molecule has 1 aliphatic rings. The molecule has 0 bridgehead atoms. The summed E-state index contributed by atoms with van der Waals surface area (Å²) in [6, 6.07) is 3.76. The highest BCUT2D eigenvalue weighted by Gasteiger charge is 2.27. The number of amides is 2. The first-order valence-electron chi connectivity index (χ1n) is 8.23. The Bertz CT molecular complexity index is 707. The van der Waals surface area contributed by atoms with E-state index in [-0.39, 0.29) is 12.1 Å². The van der Waals surface area contributed by atoms with Gasteiger partial charge in [-0.25, -0.2) is 4.79 Å². The zero-order valence-corrected chi connectivity index (χ0v) is 14.4. The van der Waals surface area contributed by atoms with Crippen molar-refractivity contribution in [3.8, 4) is 0 Å². The van der Waals surface area contributed by atoms with E-state index in [0.717, 1.165) is 29.2 Å². The van der Waals surface area contributed by atoms with Crippen LogP contribution >= 0.6 is 0 Å². The third kappa shape index (κ3) is 3.62. The van der Waals surface area contributed by atoms with Crippen molar-refractivity contribution in [3.05, 3.63) is 41.1 Å². The molecule has 3 heterocycles. The second kappa shape index (κ2) is 7.09. The average molecular weight is 332 g/mol. The van der Waals surface area contributed by atoms with Crippen LogP contribution in [0, 0.1) is 13.8 Å².